The van der Waals surface area contributed by atoms with Gasteiger partial charge in [-0.2, -0.15) is 0 Å². The molecule has 2 aliphatic rings. The van der Waals surface area contributed by atoms with Crippen molar-refractivity contribution < 1.29 is 19.3 Å². The van der Waals surface area contributed by atoms with Crippen LogP contribution in [0.5, 0.6) is 0 Å². The summed E-state index contributed by atoms with van der Waals surface area (Å²) in [7, 11) is 0. The van der Waals surface area contributed by atoms with Crippen molar-refractivity contribution in [2.75, 3.05) is 17.2 Å². The van der Waals surface area contributed by atoms with Gasteiger partial charge in [0.1, 0.15) is 0 Å². The van der Waals surface area contributed by atoms with Gasteiger partial charge in [-0.25, -0.2) is 4.90 Å². The Bertz CT molecular complexity index is 1080. The van der Waals surface area contributed by atoms with E-state index in [1.807, 2.05) is 0 Å². The minimum atomic E-state index is -0.636. The van der Waals surface area contributed by atoms with E-state index in [1.165, 1.54) is 48.2 Å². The number of amidine groups is 1. The van der Waals surface area contributed by atoms with Crippen molar-refractivity contribution in [2.24, 2.45) is 4.99 Å². The molecule has 1 N–H and O–H groups in total. The van der Waals surface area contributed by atoms with Gasteiger partial charge in [-0.05, 0) is 24.3 Å². The quantitative estimate of drug-likeness (QED) is 0.482. The molecule has 0 aromatic heterocycles. The highest BCUT2D eigenvalue weighted by Crippen LogP contribution is 2.31. The Morgan fingerprint density at radius 2 is 1.93 bits per heavy atom. The number of nitrogens with zero attached hydrogens (tertiary/aromatic N) is 3. The normalized spacial score (nSPS) is 15.4. The van der Waals surface area contributed by atoms with E-state index in [-0.39, 0.29) is 28.1 Å². The molecule has 0 atom stereocenters. The number of fused-ring (bicyclic) bond motifs is 1. The molecule has 2 heterocycles. The van der Waals surface area contributed by atoms with Gasteiger partial charge in [-0.1, -0.05) is 17.8 Å². The third kappa shape index (κ3) is 3.03. The minimum absolute atomic E-state index is 0.0742. The van der Waals surface area contributed by atoms with Crippen LogP contribution in [0.25, 0.3) is 0 Å². The largest absolute Gasteiger partial charge is 0.301 e. The van der Waals surface area contributed by atoms with Gasteiger partial charge in [0.15, 0.2) is 5.17 Å². The zero-order valence-corrected chi connectivity index (χ0v) is 15.1. The predicted molar refractivity (Wildman–Crippen MR) is 103 cm³/mol. The SMILES string of the molecule is O=C(NC1=NCCS1)c1ccc2c(c1)C(=O)N(c1cccc([N+](=O)[O-])c1)C2=O. The van der Waals surface area contributed by atoms with Crippen LogP contribution in [0.4, 0.5) is 11.4 Å². The maximum Gasteiger partial charge on any atom is 0.271 e. The van der Waals surface area contributed by atoms with Gasteiger partial charge in [-0.15, -0.1) is 0 Å². The van der Waals surface area contributed by atoms with E-state index in [4.69, 9.17) is 0 Å². The second-order valence-electron chi connectivity index (χ2n) is 5.97. The number of aliphatic imine (C=N–C) groups is 1. The average Bonchev–Trinajstić information content (AvgIpc) is 3.28. The van der Waals surface area contributed by atoms with Crippen molar-refractivity contribution in [3.63, 3.8) is 0 Å². The number of nitrogens with one attached hydrogen (secondary N) is 1. The molecular formula is C18H12N4O5S. The fraction of sp³-hybridized carbons (Fsp3) is 0.111. The summed E-state index contributed by atoms with van der Waals surface area (Å²) in [6.07, 6.45) is 0. The molecule has 28 heavy (non-hydrogen) atoms. The van der Waals surface area contributed by atoms with E-state index in [9.17, 15) is 24.5 Å². The number of non-ortho nitro benzene ring substituents is 1. The second kappa shape index (κ2) is 6.89. The molecular weight excluding hydrogens is 384 g/mol. The number of nitro benzene ring substituents is 1. The van der Waals surface area contributed by atoms with Crippen LogP contribution in [-0.4, -0.2) is 40.1 Å². The van der Waals surface area contributed by atoms with Crippen molar-refractivity contribution in [3.05, 3.63) is 69.3 Å². The molecule has 0 unspecified atom stereocenters. The summed E-state index contributed by atoms with van der Waals surface area (Å²) >= 11 is 1.43. The van der Waals surface area contributed by atoms with Crippen LogP contribution < -0.4 is 10.2 Å². The number of hydrogen-bond acceptors (Lipinski definition) is 7. The lowest BCUT2D eigenvalue weighted by Crippen LogP contribution is -2.29. The molecule has 140 valence electrons. The number of carbonyl (C=O) groups is 3. The Morgan fingerprint density at radius 1 is 1.14 bits per heavy atom. The van der Waals surface area contributed by atoms with Crippen molar-refractivity contribution in [1.82, 2.24) is 5.32 Å². The maximum atomic E-state index is 12.8. The number of carbonyl (C=O) groups excluding carboxylic acids is 3. The molecule has 2 aliphatic heterocycles. The van der Waals surface area contributed by atoms with Crippen molar-refractivity contribution in [1.29, 1.82) is 0 Å². The van der Waals surface area contributed by atoms with Gasteiger partial charge in [-0.3, -0.25) is 29.5 Å². The summed E-state index contributed by atoms with van der Waals surface area (Å²) in [5.74, 6) is -0.860. The highest BCUT2D eigenvalue weighted by molar-refractivity contribution is 8.14. The molecule has 3 amide bonds. The fourth-order valence-corrected chi connectivity index (χ4v) is 3.67. The molecule has 0 saturated heterocycles. The zero-order valence-electron chi connectivity index (χ0n) is 14.2. The van der Waals surface area contributed by atoms with Gasteiger partial charge in [0.25, 0.3) is 23.4 Å². The van der Waals surface area contributed by atoms with E-state index >= 15 is 0 Å². The monoisotopic (exact) mass is 396 g/mol. The summed E-state index contributed by atoms with van der Waals surface area (Å²) < 4.78 is 0. The third-order valence-electron chi connectivity index (χ3n) is 4.25. The standard InChI is InChI=1S/C18H12N4O5S/c23-15(20-18-19-6-7-28-18)10-4-5-13-14(8-10)17(25)21(16(13)24)11-2-1-3-12(9-11)22(26)27/h1-5,8-9H,6-7H2,(H,19,20,23). The molecule has 0 bridgehead atoms. The van der Waals surface area contributed by atoms with E-state index < -0.39 is 22.6 Å². The van der Waals surface area contributed by atoms with Crippen LogP contribution in [0, 0.1) is 10.1 Å². The van der Waals surface area contributed by atoms with Crippen molar-refractivity contribution in [2.45, 2.75) is 0 Å². The average molecular weight is 396 g/mol. The Labute approximate surface area is 162 Å². The Morgan fingerprint density at radius 3 is 2.64 bits per heavy atom. The maximum absolute atomic E-state index is 12.8. The van der Waals surface area contributed by atoms with E-state index in [0.29, 0.717) is 11.7 Å². The minimum Gasteiger partial charge on any atom is -0.301 e. The Hall–Kier alpha value is -3.53. The van der Waals surface area contributed by atoms with Crippen molar-refractivity contribution >= 4 is 46.0 Å². The summed E-state index contributed by atoms with van der Waals surface area (Å²) in [5.41, 5.74) is 0.300. The van der Waals surface area contributed by atoms with E-state index in [1.54, 1.807) is 0 Å². The lowest BCUT2D eigenvalue weighted by Gasteiger charge is -2.13. The number of benzene rings is 2. The summed E-state index contributed by atoms with van der Waals surface area (Å²) in [6.45, 7) is 0.635. The smallest absolute Gasteiger partial charge is 0.271 e. The van der Waals surface area contributed by atoms with Crippen LogP contribution in [0.15, 0.2) is 47.5 Å². The second-order valence-corrected chi connectivity index (χ2v) is 7.06. The van der Waals surface area contributed by atoms with Gasteiger partial charge >= 0.3 is 0 Å². The Balaban J connectivity index is 1.65. The third-order valence-corrected chi connectivity index (χ3v) is 5.14. The summed E-state index contributed by atoms with van der Waals surface area (Å²) in [6, 6.07) is 9.48. The highest BCUT2D eigenvalue weighted by atomic mass is 32.2. The number of amides is 3. The van der Waals surface area contributed by atoms with Gasteiger partial charge in [0, 0.05) is 23.4 Å². The molecule has 0 fully saturated rings. The van der Waals surface area contributed by atoms with Gasteiger partial charge in [0.2, 0.25) is 0 Å². The van der Waals surface area contributed by atoms with E-state index in [0.717, 1.165) is 16.7 Å². The molecule has 9 nitrogen and oxygen atoms in total. The number of rotatable bonds is 3. The molecule has 0 spiro atoms. The lowest BCUT2D eigenvalue weighted by atomic mass is 10.1. The number of hydrogen-bond donors (Lipinski definition) is 1. The zero-order chi connectivity index (χ0) is 19.8. The molecule has 4 rings (SSSR count). The first-order chi connectivity index (χ1) is 13.5. The molecule has 0 aliphatic carbocycles. The van der Waals surface area contributed by atoms with Gasteiger partial charge < -0.3 is 5.32 Å². The molecule has 10 heteroatoms. The number of anilines is 1. The molecule has 0 radical (unpaired) electrons. The summed E-state index contributed by atoms with van der Waals surface area (Å²) in [4.78, 5) is 53.2. The fourth-order valence-electron chi connectivity index (χ4n) is 2.94. The van der Waals surface area contributed by atoms with Crippen LogP contribution in [0.1, 0.15) is 31.1 Å². The first-order valence-corrected chi connectivity index (χ1v) is 9.20. The molecule has 2 aromatic carbocycles. The number of nitro groups is 1. The van der Waals surface area contributed by atoms with Crippen LogP contribution in [0.3, 0.4) is 0 Å². The number of imide groups is 1. The van der Waals surface area contributed by atoms with Gasteiger partial charge in [0.05, 0.1) is 28.3 Å². The highest BCUT2D eigenvalue weighted by Gasteiger charge is 2.37. The lowest BCUT2D eigenvalue weighted by molar-refractivity contribution is -0.384. The van der Waals surface area contributed by atoms with Crippen molar-refractivity contribution in [3.8, 4) is 0 Å². The first kappa shape index (κ1) is 17.9. The summed E-state index contributed by atoms with van der Waals surface area (Å²) in [5, 5.41) is 14.2. The molecule has 2 aromatic rings. The first-order valence-electron chi connectivity index (χ1n) is 8.21. The van der Waals surface area contributed by atoms with E-state index in [2.05, 4.69) is 10.3 Å². The number of thioether (sulfide) groups is 1. The Kier molecular flexibility index (Phi) is 4.40. The predicted octanol–water partition coefficient (Wildman–Crippen LogP) is 2.23. The van der Waals surface area contributed by atoms with Crippen LogP contribution >= 0.6 is 11.8 Å². The topological polar surface area (TPSA) is 122 Å². The van der Waals surface area contributed by atoms with Crippen LogP contribution in [0.2, 0.25) is 0 Å². The van der Waals surface area contributed by atoms with Crippen LogP contribution in [-0.2, 0) is 0 Å². The molecule has 0 saturated carbocycles.